The molecule has 0 saturated heterocycles. The third kappa shape index (κ3) is 3.24. The van der Waals surface area contributed by atoms with E-state index in [4.69, 9.17) is 11.6 Å². The lowest BCUT2D eigenvalue weighted by Crippen LogP contribution is -2.18. The molecule has 1 N–H and O–H groups in total. The van der Waals surface area contributed by atoms with Crippen LogP contribution in [0.1, 0.15) is 35.7 Å². The number of aromatic nitrogens is 5. The van der Waals surface area contributed by atoms with E-state index in [1.807, 2.05) is 13.8 Å². The van der Waals surface area contributed by atoms with E-state index in [1.165, 1.54) is 12.4 Å². The molecule has 2 rings (SSSR count). The fraction of sp³-hybridized carbons (Fsp3) is 0.333. The van der Waals surface area contributed by atoms with Crippen molar-refractivity contribution in [2.24, 2.45) is 0 Å². The second-order valence-electron chi connectivity index (χ2n) is 3.92. The van der Waals surface area contributed by atoms with E-state index < -0.39 is 5.91 Å². The van der Waals surface area contributed by atoms with Crippen molar-refractivity contribution in [1.82, 2.24) is 25.1 Å². The summed E-state index contributed by atoms with van der Waals surface area (Å²) in [5.41, 5.74) is 1.74. The van der Waals surface area contributed by atoms with Crippen LogP contribution in [0.15, 0.2) is 12.4 Å². The highest BCUT2D eigenvalue weighted by molar-refractivity contribution is 6.29. The van der Waals surface area contributed by atoms with Crippen LogP contribution in [0.25, 0.3) is 0 Å². The number of amides is 1. The third-order valence-corrected chi connectivity index (χ3v) is 2.75. The Hall–Kier alpha value is -2.15. The Balaban J connectivity index is 2.19. The SMILES string of the molecule is CCc1nnc(NC(=O)c2cncc(Cl)n2)nc1CC. The Labute approximate surface area is 120 Å². The van der Waals surface area contributed by atoms with Gasteiger partial charge in [0.05, 0.1) is 23.8 Å². The number of rotatable bonds is 4. The van der Waals surface area contributed by atoms with Gasteiger partial charge in [-0.2, -0.15) is 0 Å². The van der Waals surface area contributed by atoms with Gasteiger partial charge in [0.2, 0.25) is 5.95 Å². The summed E-state index contributed by atoms with van der Waals surface area (Å²) >= 11 is 5.68. The van der Waals surface area contributed by atoms with E-state index in [0.29, 0.717) is 0 Å². The lowest BCUT2D eigenvalue weighted by Gasteiger charge is -2.06. The monoisotopic (exact) mass is 292 g/mol. The summed E-state index contributed by atoms with van der Waals surface area (Å²) < 4.78 is 0. The van der Waals surface area contributed by atoms with E-state index in [2.05, 4.69) is 30.5 Å². The molecule has 0 unspecified atom stereocenters. The fourth-order valence-corrected chi connectivity index (χ4v) is 1.76. The Bertz CT molecular complexity index is 633. The Kier molecular flexibility index (Phi) is 4.52. The molecule has 0 spiro atoms. The summed E-state index contributed by atoms with van der Waals surface area (Å²) in [4.78, 5) is 23.9. The molecule has 0 aliphatic heterocycles. The smallest absolute Gasteiger partial charge is 0.278 e. The molecule has 0 aliphatic carbocycles. The van der Waals surface area contributed by atoms with Crippen LogP contribution in [0.4, 0.5) is 5.95 Å². The molecule has 104 valence electrons. The van der Waals surface area contributed by atoms with Gasteiger partial charge in [0, 0.05) is 0 Å². The van der Waals surface area contributed by atoms with Gasteiger partial charge < -0.3 is 0 Å². The predicted octanol–water partition coefficient (Wildman–Crippen LogP) is 1.69. The summed E-state index contributed by atoms with van der Waals surface area (Å²) in [6, 6.07) is 0. The molecule has 2 aromatic rings. The highest BCUT2D eigenvalue weighted by atomic mass is 35.5. The summed E-state index contributed by atoms with van der Waals surface area (Å²) in [6.45, 7) is 3.95. The first-order valence-corrected chi connectivity index (χ1v) is 6.53. The van der Waals surface area contributed by atoms with Crippen molar-refractivity contribution >= 4 is 23.5 Å². The van der Waals surface area contributed by atoms with Crippen LogP contribution in [0.5, 0.6) is 0 Å². The average Bonchev–Trinajstić information content (AvgIpc) is 2.47. The predicted molar refractivity (Wildman–Crippen MR) is 73.6 cm³/mol. The van der Waals surface area contributed by atoms with E-state index in [1.54, 1.807) is 0 Å². The second-order valence-corrected chi connectivity index (χ2v) is 4.30. The van der Waals surface area contributed by atoms with Crippen molar-refractivity contribution in [3.05, 3.63) is 34.6 Å². The van der Waals surface area contributed by atoms with Gasteiger partial charge in [-0.25, -0.2) is 9.97 Å². The molecule has 0 fully saturated rings. The number of hydrogen-bond acceptors (Lipinski definition) is 6. The van der Waals surface area contributed by atoms with E-state index >= 15 is 0 Å². The zero-order valence-corrected chi connectivity index (χ0v) is 11.8. The maximum atomic E-state index is 11.9. The minimum atomic E-state index is -0.479. The quantitative estimate of drug-likeness (QED) is 0.921. The summed E-state index contributed by atoms with van der Waals surface area (Å²) in [7, 11) is 0. The maximum Gasteiger partial charge on any atom is 0.278 e. The summed E-state index contributed by atoms with van der Waals surface area (Å²) in [5.74, 6) is -0.334. The molecule has 20 heavy (non-hydrogen) atoms. The fourth-order valence-electron chi connectivity index (χ4n) is 1.61. The van der Waals surface area contributed by atoms with E-state index in [0.717, 1.165) is 24.2 Å². The lowest BCUT2D eigenvalue weighted by atomic mass is 10.2. The highest BCUT2D eigenvalue weighted by Crippen LogP contribution is 2.08. The highest BCUT2D eigenvalue weighted by Gasteiger charge is 2.12. The number of halogens is 1. The van der Waals surface area contributed by atoms with Crippen molar-refractivity contribution in [3.63, 3.8) is 0 Å². The van der Waals surface area contributed by atoms with E-state index in [-0.39, 0.29) is 16.8 Å². The molecular formula is C12H13ClN6O. The number of carbonyl (C=O) groups is 1. The van der Waals surface area contributed by atoms with Gasteiger partial charge in [-0.05, 0) is 12.8 Å². The van der Waals surface area contributed by atoms with Crippen molar-refractivity contribution in [1.29, 1.82) is 0 Å². The molecular weight excluding hydrogens is 280 g/mol. The standard InChI is InChI=1S/C12H13ClN6O/c1-3-7-8(4-2)18-19-12(16-7)17-11(20)9-5-14-6-10(13)15-9/h5-6H,3-4H2,1-2H3,(H,16,17,19,20). The number of nitrogens with zero attached hydrogens (tertiary/aromatic N) is 5. The van der Waals surface area contributed by atoms with Gasteiger partial charge in [-0.1, -0.05) is 25.4 Å². The van der Waals surface area contributed by atoms with Crippen molar-refractivity contribution in [2.45, 2.75) is 26.7 Å². The first kappa shape index (κ1) is 14.3. The molecule has 0 atom stereocenters. The van der Waals surface area contributed by atoms with E-state index in [9.17, 15) is 4.79 Å². The summed E-state index contributed by atoms with van der Waals surface area (Å²) in [6.07, 6.45) is 4.13. The number of aryl methyl sites for hydroxylation is 2. The molecule has 0 saturated carbocycles. The largest absolute Gasteiger partial charge is 0.288 e. The van der Waals surface area contributed by atoms with Gasteiger partial charge in [0.15, 0.2) is 0 Å². The molecule has 8 heteroatoms. The Morgan fingerprint density at radius 3 is 2.55 bits per heavy atom. The van der Waals surface area contributed by atoms with Crippen LogP contribution >= 0.6 is 11.6 Å². The normalized spacial score (nSPS) is 10.3. The Morgan fingerprint density at radius 2 is 1.90 bits per heavy atom. The average molecular weight is 293 g/mol. The topological polar surface area (TPSA) is 93.6 Å². The van der Waals surface area contributed by atoms with Gasteiger partial charge in [-0.15, -0.1) is 10.2 Å². The molecule has 0 bridgehead atoms. The molecule has 0 aliphatic rings. The molecule has 1 amide bonds. The van der Waals surface area contributed by atoms with Crippen LogP contribution in [0.3, 0.4) is 0 Å². The van der Waals surface area contributed by atoms with Gasteiger partial charge in [-0.3, -0.25) is 15.1 Å². The zero-order valence-electron chi connectivity index (χ0n) is 11.1. The first-order valence-electron chi connectivity index (χ1n) is 6.15. The maximum absolute atomic E-state index is 11.9. The number of hydrogen-bond donors (Lipinski definition) is 1. The van der Waals surface area contributed by atoms with Crippen LogP contribution in [-0.2, 0) is 12.8 Å². The molecule has 0 radical (unpaired) electrons. The number of anilines is 1. The van der Waals surface area contributed by atoms with Crippen molar-refractivity contribution < 1.29 is 4.79 Å². The second kappa shape index (κ2) is 6.33. The van der Waals surface area contributed by atoms with Crippen molar-refractivity contribution in [3.8, 4) is 0 Å². The molecule has 2 aromatic heterocycles. The number of carbonyl (C=O) groups excluding carboxylic acids is 1. The lowest BCUT2D eigenvalue weighted by molar-refractivity contribution is 0.102. The number of nitrogens with one attached hydrogen (secondary N) is 1. The van der Waals surface area contributed by atoms with Gasteiger partial charge in [0.25, 0.3) is 5.91 Å². The van der Waals surface area contributed by atoms with Crippen LogP contribution in [0, 0.1) is 0 Å². The Morgan fingerprint density at radius 1 is 1.15 bits per heavy atom. The van der Waals surface area contributed by atoms with Crippen LogP contribution in [0.2, 0.25) is 5.15 Å². The molecule has 7 nitrogen and oxygen atoms in total. The van der Waals surface area contributed by atoms with Crippen LogP contribution < -0.4 is 5.32 Å². The minimum Gasteiger partial charge on any atom is -0.288 e. The van der Waals surface area contributed by atoms with Gasteiger partial charge >= 0.3 is 0 Å². The zero-order chi connectivity index (χ0) is 14.5. The van der Waals surface area contributed by atoms with Crippen molar-refractivity contribution in [2.75, 3.05) is 5.32 Å². The molecule has 2 heterocycles. The van der Waals surface area contributed by atoms with Crippen LogP contribution in [-0.4, -0.2) is 31.1 Å². The molecule has 0 aromatic carbocycles. The minimum absolute atomic E-state index is 0.0960. The first-order chi connectivity index (χ1) is 9.63. The van der Waals surface area contributed by atoms with Gasteiger partial charge in [0.1, 0.15) is 10.8 Å². The summed E-state index contributed by atoms with van der Waals surface area (Å²) in [5, 5.41) is 10.6. The third-order valence-electron chi connectivity index (χ3n) is 2.57.